The Hall–Kier alpha value is -2.79. The van der Waals surface area contributed by atoms with Crippen molar-refractivity contribution < 1.29 is 4.74 Å². The average Bonchev–Trinajstić information content (AvgIpc) is 3.25. The molecule has 0 aliphatic rings. The normalized spacial score (nSPS) is 11.8. The largest absolute Gasteiger partial charge is 0.476 e. The van der Waals surface area contributed by atoms with Crippen LogP contribution in [-0.4, -0.2) is 21.6 Å². The van der Waals surface area contributed by atoms with Crippen molar-refractivity contribution in [1.29, 1.82) is 0 Å². The molecule has 4 aromatic rings. The van der Waals surface area contributed by atoms with Gasteiger partial charge in [0.15, 0.2) is 0 Å². The van der Waals surface area contributed by atoms with E-state index in [-0.39, 0.29) is 5.41 Å². The molecule has 0 aliphatic heterocycles. The van der Waals surface area contributed by atoms with Gasteiger partial charge in [-0.05, 0) is 68.2 Å². The second-order valence-corrected chi connectivity index (χ2v) is 10.2. The summed E-state index contributed by atoms with van der Waals surface area (Å²) in [7, 11) is 0. The fraction of sp³-hybridized carbons (Fsp3) is 0.393. The summed E-state index contributed by atoms with van der Waals surface area (Å²) in [4.78, 5) is 14.4. The van der Waals surface area contributed by atoms with Gasteiger partial charge in [-0.15, -0.1) is 11.3 Å². The number of nitrogens with zero attached hydrogens (tertiary/aromatic N) is 3. The molecule has 172 valence electrons. The highest BCUT2D eigenvalue weighted by Gasteiger charge is 2.20. The molecule has 0 aliphatic carbocycles. The van der Waals surface area contributed by atoms with Crippen molar-refractivity contribution in [3.8, 4) is 17.1 Å². The lowest BCUT2D eigenvalue weighted by Crippen LogP contribution is -2.15. The quantitative estimate of drug-likeness (QED) is 0.249. The van der Waals surface area contributed by atoms with E-state index in [1.54, 1.807) is 11.3 Å². The summed E-state index contributed by atoms with van der Waals surface area (Å²) < 4.78 is 5.85. The molecule has 0 radical (unpaired) electrons. The van der Waals surface area contributed by atoms with Gasteiger partial charge in [0.1, 0.15) is 5.69 Å². The molecular formula is C28H33N3OS. The van der Waals surface area contributed by atoms with Crippen LogP contribution in [0.4, 0.5) is 0 Å². The third-order valence-electron chi connectivity index (χ3n) is 5.90. The number of ether oxygens (including phenoxy) is 1. The van der Waals surface area contributed by atoms with E-state index in [1.807, 2.05) is 31.2 Å². The van der Waals surface area contributed by atoms with Crippen LogP contribution in [0.5, 0.6) is 5.88 Å². The smallest absolute Gasteiger partial charge is 0.241 e. The first kappa shape index (κ1) is 23.4. The van der Waals surface area contributed by atoms with Crippen LogP contribution in [0.3, 0.4) is 0 Å². The van der Waals surface area contributed by atoms with E-state index in [0.717, 1.165) is 54.4 Å². The monoisotopic (exact) mass is 459 g/mol. The molecule has 0 N–H and O–H groups in total. The summed E-state index contributed by atoms with van der Waals surface area (Å²) >= 11 is 1.78. The summed E-state index contributed by atoms with van der Waals surface area (Å²) in [6, 6.07) is 16.6. The van der Waals surface area contributed by atoms with Crippen molar-refractivity contribution in [3.05, 3.63) is 70.2 Å². The molecule has 0 unspecified atom stereocenters. The first-order chi connectivity index (χ1) is 16.0. The molecule has 0 saturated heterocycles. The zero-order valence-electron chi connectivity index (χ0n) is 20.1. The zero-order chi connectivity index (χ0) is 23.3. The van der Waals surface area contributed by atoms with Gasteiger partial charge in [-0.2, -0.15) is 0 Å². The second-order valence-electron chi connectivity index (χ2n) is 9.28. The van der Waals surface area contributed by atoms with Gasteiger partial charge in [0, 0.05) is 10.9 Å². The number of benzene rings is 2. The van der Waals surface area contributed by atoms with Crippen LogP contribution in [0.1, 0.15) is 56.8 Å². The molecule has 0 atom stereocenters. The van der Waals surface area contributed by atoms with Crippen molar-refractivity contribution in [2.24, 2.45) is 5.41 Å². The first-order valence-corrected chi connectivity index (χ1v) is 12.8. The Morgan fingerprint density at radius 3 is 2.45 bits per heavy atom. The fourth-order valence-electron chi connectivity index (χ4n) is 4.23. The molecule has 33 heavy (non-hydrogen) atoms. The van der Waals surface area contributed by atoms with E-state index in [9.17, 15) is 0 Å². The number of aryl methyl sites for hydroxylation is 2. The lowest BCUT2D eigenvalue weighted by Gasteiger charge is -2.23. The Labute approximate surface area is 201 Å². The Kier molecular flexibility index (Phi) is 7.39. The van der Waals surface area contributed by atoms with Crippen LogP contribution in [0.2, 0.25) is 0 Å². The number of para-hydroxylation sites is 2. The van der Waals surface area contributed by atoms with Crippen LogP contribution >= 0.6 is 11.3 Å². The molecule has 2 aromatic heterocycles. The van der Waals surface area contributed by atoms with Gasteiger partial charge < -0.3 is 4.74 Å². The molecular weight excluding hydrogens is 426 g/mol. The van der Waals surface area contributed by atoms with E-state index >= 15 is 0 Å². The van der Waals surface area contributed by atoms with Gasteiger partial charge in [0.2, 0.25) is 5.88 Å². The molecule has 4 rings (SSSR count). The number of aromatic nitrogens is 3. The lowest BCUT2D eigenvalue weighted by atomic mass is 9.82. The van der Waals surface area contributed by atoms with Gasteiger partial charge in [-0.3, -0.25) is 0 Å². The minimum Gasteiger partial charge on any atom is -0.476 e. The second kappa shape index (κ2) is 10.4. The SMILES string of the molecule is CCOc1nc2ccccc2nc1-c1cccc(CCCC(C)(C)Cc2csc(CC)n2)c1. The summed E-state index contributed by atoms with van der Waals surface area (Å²) in [5.41, 5.74) is 6.41. The van der Waals surface area contributed by atoms with E-state index in [1.165, 1.54) is 16.3 Å². The van der Waals surface area contributed by atoms with Gasteiger partial charge in [-0.25, -0.2) is 15.0 Å². The topological polar surface area (TPSA) is 47.9 Å². The molecule has 0 amide bonds. The standard InChI is InChI=1S/C28H33N3OS/c1-5-25-29-22(19-33-25)18-28(3,4)16-10-12-20-11-9-13-21(17-20)26-27(32-6-2)31-24-15-8-7-14-23(24)30-26/h7-9,11,13-15,17,19H,5-6,10,12,16,18H2,1-4H3. The van der Waals surface area contributed by atoms with E-state index in [0.29, 0.717) is 12.5 Å². The molecule has 0 spiro atoms. The maximum Gasteiger partial charge on any atom is 0.241 e. The van der Waals surface area contributed by atoms with E-state index in [2.05, 4.69) is 50.4 Å². The highest BCUT2D eigenvalue weighted by Crippen LogP contribution is 2.31. The van der Waals surface area contributed by atoms with Crippen molar-refractivity contribution in [1.82, 2.24) is 15.0 Å². The summed E-state index contributed by atoms with van der Waals surface area (Å²) in [6.07, 6.45) is 5.40. The van der Waals surface area contributed by atoms with Crippen LogP contribution < -0.4 is 4.74 Å². The zero-order valence-corrected chi connectivity index (χ0v) is 20.9. The van der Waals surface area contributed by atoms with Gasteiger partial charge in [0.25, 0.3) is 0 Å². The average molecular weight is 460 g/mol. The number of rotatable bonds is 10. The highest BCUT2D eigenvalue weighted by atomic mass is 32.1. The van der Waals surface area contributed by atoms with E-state index < -0.39 is 0 Å². The van der Waals surface area contributed by atoms with Crippen LogP contribution in [0, 0.1) is 5.41 Å². The first-order valence-electron chi connectivity index (χ1n) is 11.9. The fourth-order valence-corrected chi connectivity index (χ4v) is 4.97. The predicted octanol–water partition coefficient (Wildman–Crippen LogP) is 7.31. The molecule has 2 heterocycles. The van der Waals surface area contributed by atoms with Gasteiger partial charge >= 0.3 is 0 Å². The van der Waals surface area contributed by atoms with Crippen molar-refractivity contribution in [2.75, 3.05) is 6.61 Å². The van der Waals surface area contributed by atoms with Crippen LogP contribution in [0.25, 0.3) is 22.3 Å². The third kappa shape index (κ3) is 5.97. The van der Waals surface area contributed by atoms with Gasteiger partial charge in [-0.1, -0.05) is 51.1 Å². The Morgan fingerprint density at radius 1 is 0.939 bits per heavy atom. The molecule has 4 nitrogen and oxygen atoms in total. The number of hydrogen-bond acceptors (Lipinski definition) is 5. The van der Waals surface area contributed by atoms with Gasteiger partial charge in [0.05, 0.1) is 28.3 Å². The molecule has 0 bridgehead atoms. The Morgan fingerprint density at radius 2 is 1.73 bits per heavy atom. The van der Waals surface area contributed by atoms with Crippen LogP contribution in [-0.2, 0) is 19.3 Å². The number of hydrogen-bond donors (Lipinski definition) is 0. The summed E-state index contributed by atoms with van der Waals surface area (Å²) in [5.74, 6) is 0.601. The number of thiazole rings is 1. The Bertz CT molecular complexity index is 1210. The number of fused-ring (bicyclic) bond motifs is 1. The summed E-state index contributed by atoms with van der Waals surface area (Å²) in [6.45, 7) is 9.42. The minimum absolute atomic E-state index is 0.239. The molecule has 0 saturated carbocycles. The molecule has 5 heteroatoms. The highest BCUT2D eigenvalue weighted by molar-refractivity contribution is 7.09. The van der Waals surface area contributed by atoms with Crippen LogP contribution in [0.15, 0.2) is 53.9 Å². The summed E-state index contributed by atoms with van der Waals surface area (Å²) in [5, 5.41) is 3.46. The van der Waals surface area contributed by atoms with Crippen molar-refractivity contribution in [2.45, 2.75) is 59.8 Å². The van der Waals surface area contributed by atoms with Crippen molar-refractivity contribution in [3.63, 3.8) is 0 Å². The lowest BCUT2D eigenvalue weighted by molar-refractivity contribution is 0.320. The van der Waals surface area contributed by atoms with Crippen molar-refractivity contribution >= 4 is 22.4 Å². The predicted molar refractivity (Wildman–Crippen MR) is 138 cm³/mol. The van der Waals surface area contributed by atoms with E-state index in [4.69, 9.17) is 19.7 Å². The molecule has 0 fully saturated rings. The Balaban J connectivity index is 1.46. The minimum atomic E-state index is 0.239. The molecule has 2 aromatic carbocycles. The maximum atomic E-state index is 5.85. The third-order valence-corrected chi connectivity index (χ3v) is 6.94. The maximum absolute atomic E-state index is 5.85.